The van der Waals surface area contributed by atoms with Gasteiger partial charge in [-0.15, -0.1) is 6.58 Å². The maximum absolute atomic E-state index is 12.8. The van der Waals surface area contributed by atoms with Crippen molar-refractivity contribution in [3.05, 3.63) is 23.8 Å². The van der Waals surface area contributed by atoms with Crippen LogP contribution in [0.4, 0.5) is 0 Å². The molecular formula is C22H36O4. The van der Waals surface area contributed by atoms with Gasteiger partial charge in [-0.1, -0.05) is 39.3 Å². The fourth-order valence-corrected chi connectivity index (χ4v) is 4.87. The summed E-state index contributed by atoms with van der Waals surface area (Å²) in [6.45, 7) is 12.6. The summed E-state index contributed by atoms with van der Waals surface area (Å²) in [6, 6.07) is 0. The number of Topliss-reactive ketones (excluding diaryl/α,β-unsaturated/α-hetero) is 1. The highest BCUT2D eigenvalue weighted by Gasteiger charge is 2.52. The number of hydrogen-bond donors (Lipinski definition) is 1. The Labute approximate surface area is 158 Å². The minimum Gasteiger partial charge on any atom is -0.392 e. The molecule has 148 valence electrons. The minimum absolute atomic E-state index is 0.180. The number of allylic oxidation sites excluding steroid dienone is 1. The first-order valence-electron chi connectivity index (χ1n) is 9.92. The van der Waals surface area contributed by atoms with Crippen molar-refractivity contribution in [1.82, 2.24) is 0 Å². The Morgan fingerprint density at radius 2 is 2.12 bits per heavy atom. The van der Waals surface area contributed by atoms with E-state index in [9.17, 15) is 9.90 Å². The van der Waals surface area contributed by atoms with Crippen molar-refractivity contribution in [1.29, 1.82) is 0 Å². The average molecular weight is 365 g/mol. The summed E-state index contributed by atoms with van der Waals surface area (Å²) in [5.74, 6) is 0.606. The van der Waals surface area contributed by atoms with E-state index in [-0.39, 0.29) is 24.1 Å². The van der Waals surface area contributed by atoms with Crippen molar-refractivity contribution in [2.75, 3.05) is 13.9 Å². The Bertz CT molecular complexity index is 566. The molecule has 4 nitrogen and oxygen atoms in total. The third-order valence-corrected chi connectivity index (χ3v) is 7.02. The van der Waals surface area contributed by atoms with E-state index >= 15 is 0 Å². The first kappa shape index (κ1) is 21.3. The van der Waals surface area contributed by atoms with Crippen LogP contribution >= 0.6 is 0 Å². The summed E-state index contributed by atoms with van der Waals surface area (Å²) in [5.41, 5.74) is 1.47. The van der Waals surface area contributed by atoms with E-state index in [1.807, 2.05) is 19.9 Å². The van der Waals surface area contributed by atoms with E-state index in [1.54, 1.807) is 7.11 Å². The number of methoxy groups -OCH3 is 1. The Kier molecular flexibility index (Phi) is 6.86. The Morgan fingerprint density at radius 3 is 2.69 bits per heavy atom. The van der Waals surface area contributed by atoms with Crippen LogP contribution < -0.4 is 0 Å². The highest BCUT2D eigenvalue weighted by atomic mass is 16.7. The zero-order valence-corrected chi connectivity index (χ0v) is 17.1. The summed E-state index contributed by atoms with van der Waals surface area (Å²) in [5, 5.41) is 10.6. The molecule has 0 spiro atoms. The molecule has 4 heteroatoms. The lowest BCUT2D eigenvalue weighted by molar-refractivity contribution is -0.142. The molecule has 5 atom stereocenters. The normalized spacial score (nSPS) is 30.7. The van der Waals surface area contributed by atoms with Gasteiger partial charge >= 0.3 is 0 Å². The molecule has 2 aliphatic carbocycles. The van der Waals surface area contributed by atoms with Gasteiger partial charge in [-0.2, -0.15) is 0 Å². The Hall–Kier alpha value is -0.970. The van der Waals surface area contributed by atoms with Crippen LogP contribution in [-0.2, 0) is 14.3 Å². The topological polar surface area (TPSA) is 55.8 Å². The number of aliphatic hydroxyl groups excluding tert-OH is 1. The van der Waals surface area contributed by atoms with Gasteiger partial charge in [0.2, 0.25) is 0 Å². The molecular weight excluding hydrogens is 328 g/mol. The fourth-order valence-electron chi connectivity index (χ4n) is 4.87. The largest absolute Gasteiger partial charge is 0.392 e. The molecule has 26 heavy (non-hydrogen) atoms. The van der Waals surface area contributed by atoms with E-state index in [2.05, 4.69) is 20.4 Å². The van der Waals surface area contributed by atoms with Crippen LogP contribution in [0, 0.1) is 16.7 Å². The van der Waals surface area contributed by atoms with Crippen molar-refractivity contribution >= 4 is 5.78 Å². The standard InChI is InChI=1S/C22H36O4/c1-7-18(24)21(4,8-2)13-19(26-14-25-6)22(5)15(3)9-10-16-11-12-17(23)20(16)22/h8,15,18-19,24H,2,7,9-14H2,1,3-6H3/t15-,18-,19+,21+,22+/m0/s1. The third-order valence-electron chi connectivity index (χ3n) is 7.02. The second kappa shape index (κ2) is 8.37. The van der Waals surface area contributed by atoms with Crippen molar-refractivity contribution in [3.8, 4) is 0 Å². The Balaban J connectivity index is 2.45. The van der Waals surface area contributed by atoms with Gasteiger partial charge in [0, 0.05) is 29.9 Å². The van der Waals surface area contributed by atoms with Gasteiger partial charge in [0.15, 0.2) is 5.78 Å². The summed E-state index contributed by atoms with van der Waals surface area (Å²) in [6.07, 6.45) is 6.00. The van der Waals surface area contributed by atoms with Crippen molar-refractivity contribution in [2.45, 2.75) is 78.4 Å². The predicted octanol–water partition coefficient (Wildman–Crippen LogP) is 4.42. The van der Waals surface area contributed by atoms with Gasteiger partial charge < -0.3 is 14.6 Å². The van der Waals surface area contributed by atoms with Gasteiger partial charge in [0.1, 0.15) is 6.79 Å². The molecule has 2 aliphatic rings. The van der Waals surface area contributed by atoms with Crippen molar-refractivity contribution in [3.63, 3.8) is 0 Å². The number of carbonyl (C=O) groups is 1. The summed E-state index contributed by atoms with van der Waals surface area (Å²) in [7, 11) is 1.61. The molecule has 0 amide bonds. The highest BCUT2D eigenvalue weighted by molar-refractivity contribution is 6.00. The fraction of sp³-hybridized carbons (Fsp3) is 0.773. The number of rotatable bonds is 9. The molecule has 0 fully saturated rings. The number of carbonyl (C=O) groups excluding carboxylic acids is 1. The smallest absolute Gasteiger partial charge is 0.159 e. The molecule has 2 rings (SSSR count). The van der Waals surface area contributed by atoms with Gasteiger partial charge in [-0.25, -0.2) is 0 Å². The van der Waals surface area contributed by atoms with Crippen LogP contribution in [0.2, 0.25) is 0 Å². The van der Waals surface area contributed by atoms with Crippen LogP contribution in [0.1, 0.15) is 66.2 Å². The first-order chi connectivity index (χ1) is 12.2. The van der Waals surface area contributed by atoms with E-state index in [4.69, 9.17) is 9.47 Å². The van der Waals surface area contributed by atoms with Crippen LogP contribution in [0.3, 0.4) is 0 Å². The molecule has 0 radical (unpaired) electrons. The number of hydrogen-bond acceptors (Lipinski definition) is 4. The molecule has 0 heterocycles. The maximum atomic E-state index is 12.8. The minimum atomic E-state index is -0.496. The van der Waals surface area contributed by atoms with E-state index in [1.165, 1.54) is 5.57 Å². The monoisotopic (exact) mass is 364 g/mol. The lowest BCUT2D eigenvalue weighted by atomic mass is 9.59. The Morgan fingerprint density at radius 1 is 1.42 bits per heavy atom. The van der Waals surface area contributed by atoms with Gasteiger partial charge in [-0.05, 0) is 38.0 Å². The third kappa shape index (κ3) is 3.69. The SMILES string of the molecule is C=C[C@](C)(C[C@@H](OCOC)[C@]1(C)C2=C(CCC2=O)CC[C@@H]1C)[C@@H](O)CC. The molecule has 0 aromatic heterocycles. The lowest BCUT2D eigenvalue weighted by Gasteiger charge is -2.48. The van der Waals surface area contributed by atoms with Gasteiger partial charge in [0.05, 0.1) is 12.2 Å². The zero-order chi connectivity index (χ0) is 19.5. The van der Waals surface area contributed by atoms with Crippen molar-refractivity contribution in [2.24, 2.45) is 16.7 Å². The van der Waals surface area contributed by atoms with Crippen LogP contribution in [0.15, 0.2) is 23.8 Å². The second-order valence-electron chi connectivity index (χ2n) is 8.52. The summed E-state index contributed by atoms with van der Waals surface area (Å²) >= 11 is 0. The molecule has 0 aromatic carbocycles. The number of ether oxygens (including phenoxy) is 2. The molecule has 0 saturated carbocycles. The number of aliphatic hydroxyl groups is 1. The maximum Gasteiger partial charge on any atom is 0.159 e. The predicted molar refractivity (Wildman–Crippen MR) is 104 cm³/mol. The van der Waals surface area contributed by atoms with Crippen LogP contribution in [0.25, 0.3) is 0 Å². The molecule has 0 bridgehead atoms. The molecule has 1 N–H and O–H groups in total. The molecule has 0 aliphatic heterocycles. The molecule has 0 aromatic rings. The zero-order valence-electron chi connectivity index (χ0n) is 17.1. The lowest BCUT2D eigenvalue weighted by Crippen LogP contribution is -2.48. The second-order valence-corrected chi connectivity index (χ2v) is 8.52. The summed E-state index contributed by atoms with van der Waals surface area (Å²) < 4.78 is 11.4. The van der Waals surface area contributed by atoms with Crippen LogP contribution in [0.5, 0.6) is 0 Å². The van der Waals surface area contributed by atoms with Gasteiger partial charge in [-0.3, -0.25) is 4.79 Å². The van der Waals surface area contributed by atoms with E-state index in [0.29, 0.717) is 25.2 Å². The summed E-state index contributed by atoms with van der Waals surface area (Å²) in [4.78, 5) is 12.8. The van der Waals surface area contributed by atoms with Gasteiger partial charge in [0.25, 0.3) is 0 Å². The highest BCUT2D eigenvalue weighted by Crippen LogP contribution is 2.54. The molecule has 0 unspecified atom stereocenters. The number of ketones is 1. The first-order valence-corrected chi connectivity index (χ1v) is 9.92. The van der Waals surface area contributed by atoms with E-state index in [0.717, 1.165) is 24.8 Å². The average Bonchev–Trinajstić information content (AvgIpc) is 3.02. The van der Waals surface area contributed by atoms with E-state index < -0.39 is 11.5 Å². The van der Waals surface area contributed by atoms with Crippen LogP contribution in [-0.4, -0.2) is 37.0 Å². The van der Waals surface area contributed by atoms with Crippen molar-refractivity contribution < 1.29 is 19.4 Å². The quantitative estimate of drug-likeness (QED) is 0.486. The molecule has 0 saturated heterocycles.